The fourth-order valence-electron chi connectivity index (χ4n) is 1.71. The number of carbonyl (C=O) groups excluding carboxylic acids is 1. The van der Waals surface area contributed by atoms with E-state index in [1.807, 2.05) is 4.90 Å². The third-order valence-electron chi connectivity index (χ3n) is 2.69. The van der Waals surface area contributed by atoms with Crippen molar-refractivity contribution in [2.24, 2.45) is 0 Å². The molecule has 0 aliphatic carbocycles. The van der Waals surface area contributed by atoms with Crippen LogP contribution in [0.15, 0.2) is 12.1 Å². The number of carbonyl (C=O) groups is 1. The molecule has 0 radical (unpaired) electrons. The van der Waals surface area contributed by atoms with E-state index in [0.29, 0.717) is 50.9 Å². The number of amides is 1. The number of nitrogens with two attached hydrogens (primary N) is 1. The maximum Gasteiger partial charge on any atom is 0.224 e. The van der Waals surface area contributed by atoms with Crippen LogP contribution in [0.2, 0.25) is 0 Å². The summed E-state index contributed by atoms with van der Waals surface area (Å²) in [6.45, 7) is 3.15. The number of anilines is 2. The number of morpholine rings is 1. The monoisotopic (exact) mass is 251 g/mol. The van der Waals surface area contributed by atoms with Gasteiger partial charge in [-0.25, -0.2) is 0 Å². The molecule has 1 aliphatic rings. The zero-order valence-corrected chi connectivity index (χ0v) is 10.1. The highest BCUT2D eigenvalue weighted by Crippen LogP contribution is 2.04. The van der Waals surface area contributed by atoms with Crippen LogP contribution in [0.5, 0.6) is 0 Å². The minimum Gasteiger partial charge on any atom is -0.382 e. The third-order valence-corrected chi connectivity index (χ3v) is 2.69. The number of hydrogen-bond acceptors (Lipinski definition) is 6. The van der Waals surface area contributed by atoms with Gasteiger partial charge in [-0.1, -0.05) is 0 Å². The highest BCUT2D eigenvalue weighted by atomic mass is 16.5. The van der Waals surface area contributed by atoms with Crippen LogP contribution in [-0.2, 0) is 9.53 Å². The van der Waals surface area contributed by atoms with Crippen molar-refractivity contribution in [2.45, 2.75) is 6.42 Å². The van der Waals surface area contributed by atoms with Crippen molar-refractivity contribution >= 4 is 17.5 Å². The van der Waals surface area contributed by atoms with Crippen molar-refractivity contribution in [3.63, 3.8) is 0 Å². The summed E-state index contributed by atoms with van der Waals surface area (Å²) in [6.07, 6.45) is 0.437. The van der Waals surface area contributed by atoms with E-state index in [-0.39, 0.29) is 5.91 Å². The molecule has 0 atom stereocenters. The second-order valence-electron chi connectivity index (χ2n) is 4.01. The van der Waals surface area contributed by atoms with Gasteiger partial charge >= 0.3 is 0 Å². The van der Waals surface area contributed by atoms with Crippen LogP contribution in [0.3, 0.4) is 0 Å². The van der Waals surface area contributed by atoms with Gasteiger partial charge in [0.1, 0.15) is 11.6 Å². The predicted octanol–water partition coefficient (Wildman–Crippen LogP) is -0.280. The molecule has 0 bridgehead atoms. The van der Waals surface area contributed by atoms with Crippen molar-refractivity contribution < 1.29 is 9.53 Å². The fourth-order valence-corrected chi connectivity index (χ4v) is 1.71. The van der Waals surface area contributed by atoms with E-state index >= 15 is 0 Å². The molecule has 0 saturated carbocycles. The van der Waals surface area contributed by atoms with Gasteiger partial charge < -0.3 is 20.7 Å². The van der Waals surface area contributed by atoms with E-state index < -0.39 is 0 Å². The van der Waals surface area contributed by atoms with E-state index in [4.69, 9.17) is 10.5 Å². The number of nitrogens with one attached hydrogen (secondary N) is 1. The molecular weight excluding hydrogens is 234 g/mol. The second-order valence-corrected chi connectivity index (χ2v) is 4.01. The van der Waals surface area contributed by atoms with E-state index in [0.717, 1.165) is 0 Å². The largest absolute Gasteiger partial charge is 0.382 e. The molecule has 0 spiro atoms. The average Bonchev–Trinajstić information content (AvgIpc) is 2.42. The van der Waals surface area contributed by atoms with Gasteiger partial charge in [0, 0.05) is 26.1 Å². The molecule has 7 nitrogen and oxygen atoms in total. The second kappa shape index (κ2) is 6.15. The average molecular weight is 251 g/mol. The van der Waals surface area contributed by atoms with Gasteiger partial charge in [-0.05, 0) is 12.1 Å². The molecule has 1 aliphatic heterocycles. The molecule has 1 aromatic heterocycles. The quantitative estimate of drug-likeness (QED) is 0.764. The zero-order chi connectivity index (χ0) is 12.8. The Hall–Kier alpha value is -1.89. The van der Waals surface area contributed by atoms with Crippen LogP contribution in [-0.4, -0.2) is 53.9 Å². The smallest absolute Gasteiger partial charge is 0.224 e. The maximum absolute atomic E-state index is 11.8. The lowest BCUT2D eigenvalue weighted by Crippen LogP contribution is -2.41. The first-order valence-corrected chi connectivity index (χ1v) is 5.94. The molecule has 2 heterocycles. The lowest BCUT2D eigenvalue weighted by atomic mass is 10.3. The van der Waals surface area contributed by atoms with Crippen LogP contribution in [0.25, 0.3) is 0 Å². The van der Waals surface area contributed by atoms with Gasteiger partial charge in [-0.15, -0.1) is 10.2 Å². The standard InChI is InChI=1S/C11H17N5O2/c12-9-1-2-10(15-14-9)13-4-3-11(17)16-5-7-18-8-6-16/h1-2H,3-8H2,(H2,12,14)(H,13,15). The number of hydrogen-bond donors (Lipinski definition) is 2. The Bertz CT molecular complexity index is 389. The Morgan fingerprint density at radius 1 is 1.39 bits per heavy atom. The van der Waals surface area contributed by atoms with Crippen molar-refractivity contribution in [1.82, 2.24) is 15.1 Å². The van der Waals surface area contributed by atoms with Gasteiger partial charge in [-0.3, -0.25) is 4.79 Å². The lowest BCUT2D eigenvalue weighted by molar-refractivity contribution is -0.134. The van der Waals surface area contributed by atoms with E-state index in [9.17, 15) is 4.79 Å². The summed E-state index contributed by atoms with van der Waals surface area (Å²) in [5.41, 5.74) is 5.43. The summed E-state index contributed by atoms with van der Waals surface area (Å²) in [5, 5.41) is 10.6. The fraction of sp³-hybridized carbons (Fsp3) is 0.545. The number of ether oxygens (including phenoxy) is 1. The Kier molecular flexibility index (Phi) is 4.30. The first-order chi connectivity index (χ1) is 8.75. The molecule has 0 aromatic carbocycles. The number of rotatable bonds is 4. The van der Waals surface area contributed by atoms with Crippen LogP contribution in [0.4, 0.5) is 11.6 Å². The molecule has 7 heteroatoms. The first-order valence-electron chi connectivity index (χ1n) is 5.94. The summed E-state index contributed by atoms with van der Waals surface area (Å²) in [4.78, 5) is 13.6. The van der Waals surface area contributed by atoms with Crippen molar-refractivity contribution in [3.8, 4) is 0 Å². The maximum atomic E-state index is 11.8. The Morgan fingerprint density at radius 2 is 2.17 bits per heavy atom. The summed E-state index contributed by atoms with van der Waals surface area (Å²) >= 11 is 0. The van der Waals surface area contributed by atoms with E-state index in [1.165, 1.54) is 0 Å². The summed E-state index contributed by atoms with van der Waals surface area (Å²) < 4.78 is 5.20. The van der Waals surface area contributed by atoms with Crippen LogP contribution >= 0.6 is 0 Å². The van der Waals surface area contributed by atoms with Gasteiger partial charge in [0.2, 0.25) is 5.91 Å². The summed E-state index contributed by atoms with van der Waals surface area (Å²) in [7, 11) is 0. The molecule has 1 fully saturated rings. The Balaban J connectivity index is 1.71. The minimum atomic E-state index is 0.134. The molecule has 98 valence electrons. The summed E-state index contributed by atoms with van der Waals surface area (Å²) in [5.74, 6) is 1.14. The molecule has 2 rings (SSSR count). The lowest BCUT2D eigenvalue weighted by Gasteiger charge is -2.26. The van der Waals surface area contributed by atoms with Crippen molar-refractivity contribution in [2.75, 3.05) is 43.9 Å². The van der Waals surface area contributed by atoms with Crippen LogP contribution in [0, 0.1) is 0 Å². The molecule has 1 amide bonds. The molecule has 3 N–H and O–H groups in total. The van der Waals surface area contributed by atoms with E-state index in [1.54, 1.807) is 12.1 Å². The highest BCUT2D eigenvalue weighted by molar-refractivity contribution is 5.76. The highest BCUT2D eigenvalue weighted by Gasteiger charge is 2.15. The topological polar surface area (TPSA) is 93.4 Å². The third kappa shape index (κ3) is 3.56. The zero-order valence-electron chi connectivity index (χ0n) is 10.1. The molecule has 1 saturated heterocycles. The minimum absolute atomic E-state index is 0.134. The van der Waals surface area contributed by atoms with Crippen LogP contribution in [0.1, 0.15) is 6.42 Å². The van der Waals surface area contributed by atoms with Gasteiger partial charge in [0.25, 0.3) is 0 Å². The molecular formula is C11H17N5O2. The SMILES string of the molecule is Nc1ccc(NCCC(=O)N2CCOCC2)nn1. The first kappa shape index (κ1) is 12.6. The van der Waals surface area contributed by atoms with Crippen molar-refractivity contribution in [3.05, 3.63) is 12.1 Å². The number of nitrogens with zero attached hydrogens (tertiary/aromatic N) is 3. The number of nitrogen functional groups attached to an aromatic ring is 1. The summed E-state index contributed by atoms with van der Waals surface area (Å²) in [6, 6.07) is 3.40. The van der Waals surface area contributed by atoms with Crippen LogP contribution < -0.4 is 11.1 Å². The van der Waals surface area contributed by atoms with Gasteiger partial charge in [0.05, 0.1) is 13.2 Å². The number of aromatic nitrogens is 2. The predicted molar refractivity (Wildman–Crippen MR) is 67.0 cm³/mol. The Labute approximate surface area is 105 Å². The molecule has 18 heavy (non-hydrogen) atoms. The Morgan fingerprint density at radius 3 is 2.83 bits per heavy atom. The molecule has 0 unspecified atom stereocenters. The van der Waals surface area contributed by atoms with E-state index in [2.05, 4.69) is 15.5 Å². The normalized spacial score (nSPS) is 15.4. The van der Waals surface area contributed by atoms with Gasteiger partial charge in [-0.2, -0.15) is 0 Å². The van der Waals surface area contributed by atoms with Crippen molar-refractivity contribution in [1.29, 1.82) is 0 Å². The van der Waals surface area contributed by atoms with Gasteiger partial charge in [0.15, 0.2) is 0 Å². The molecule has 1 aromatic rings.